The Hall–Kier alpha value is -4.56. The van der Waals surface area contributed by atoms with Crippen molar-refractivity contribution >= 4 is 88.7 Å². The van der Waals surface area contributed by atoms with E-state index in [1.807, 2.05) is 0 Å². The number of hydrogen-bond acceptors (Lipinski definition) is 24. The van der Waals surface area contributed by atoms with Gasteiger partial charge < -0.3 is 37.2 Å². The fraction of sp³-hybridized carbons (Fsp3) is 0.600. The molecule has 508 valence electrons. The third kappa shape index (κ3) is 10.5. The van der Waals surface area contributed by atoms with Gasteiger partial charge in [0.05, 0.1) is 89.7 Å². The second-order valence-electron chi connectivity index (χ2n) is 25.1. The predicted octanol–water partition coefficient (Wildman–Crippen LogP) is -15.0. The summed E-state index contributed by atoms with van der Waals surface area (Å²) < 4.78 is 163. The van der Waals surface area contributed by atoms with Crippen molar-refractivity contribution < 1.29 is 227 Å². The normalized spacial score (nSPS) is 29.1. The fourth-order valence-corrected chi connectivity index (χ4v) is 17.3. The van der Waals surface area contributed by atoms with Crippen LogP contribution >= 0.6 is 0 Å². The molecular formula is C50H56N16Na4O24S4. The largest absolute Gasteiger partial charge is 1.00 e. The van der Waals surface area contributed by atoms with Crippen LogP contribution in [0.15, 0.2) is 24.3 Å². The summed E-state index contributed by atoms with van der Waals surface area (Å²) in [6.45, 7) is -1.67. The third-order valence-electron chi connectivity index (χ3n) is 21.0. The Kier molecular flexibility index (Phi) is 18.7. The predicted molar refractivity (Wildman–Crippen MR) is 299 cm³/mol. The Morgan fingerprint density at radius 2 is 0.490 bits per heavy atom. The Morgan fingerprint density at radius 1 is 0.316 bits per heavy atom. The molecule has 0 saturated carbocycles. The van der Waals surface area contributed by atoms with Gasteiger partial charge in [-0.1, -0.05) is 0 Å². The summed E-state index contributed by atoms with van der Waals surface area (Å²) in [4.78, 5) is 144. The molecule has 0 aliphatic carbocycles. The standard InChI is InChI=1S/C50H60N16O24S4.4Na/c1-47-49(3)63-23-55-37-35-51(39(55)67)21-53-36-38-57(41(53)69)25-65-45(73)61-19-29-30(34(90-12-16-94(84,85)86)8-7-33(29)89-11-15-93(81,82)83)20-62-46(74)66(50(65,4)48(61,62)2)26-58(38)42(70)54(36)22-52(35)40(68)56(37)24-64(49)44(72)60(47)18-28-27(17-59(47)43(63)71)31(87-9-13-91(75,76)77)5-6-32(28)88-10-14-92(78,79)80;;;;/h5-8,35-38H,9-26H2,1-4H3,(H,75,76,77)(H,78,79,80)(H,81,82,83)(H,84,85,86);;;;/q;4*+1/p-4. The van der Waals surface area contributed by atoms with Crippen molar-refractivity contribution in [3.63, 3.8) is 0 Å². The van der Waals surface area contributed by atoms with E-state index in [0.717, 1.165) is 0 Å². The Balaban J connectivity index is 0.00000243. The van der Waals surface area contributed by atoms with Crippen LogP contribution in [-0.4, -0.2) is 315 Å². The van der Waals surface area contributed by atoms with E-state index in [1.165, 1.54) is 103 Å². The number of fused-ring (bicyclic) bond motifs is 2. The van der Waals surface area contributed by atoms with Crippen molar-refractivity contribution in [3.05, 3.63) is 46.5 Å². The molecule has 13 aliphatic heterocycles. The summed E-state index contributed by atoms with van der Waals surface area (Å²) in [6, 6.07) is -1.01. The fourth-order valence-electron chi connectivity index (χ4n) is 16.2. The number of rotatable bonds is 16. The molecular weight excluding hydrogens is 1430 g/mol. The van der Waals surface area contributed by atoms with Gasteiger partial charge in [0.25, 0.3) is 0 Å². The number of carbonyl (C=O) groups excluding carboxylic acids is 8. The molecule has 11 saturated heterocycles. The van der Waals surface area contributed by atoms with Crippen molar-refractivity contribution in [2.24, 2.45) is 0 Å². The van der Waals surface area contributed by atoms with Gasteiger partial charge >= 0.3 is 166 Å². The molecule has 0 atom stereocenters. The summed E-state index contributed by atoms with van der Waals surface area (Å²) in [7, 11) is -19.2. The minimum absolute atomic E-state index is 0. The number of urea groups is 8. The Morgan fingerprint density at radius 3 is 0.673 bits per heavy atom. The molecule has 0 N–H and O–H groups in total. The number of amides is 16. The second kappa shape index (κ2) is 24.5. The van der Waals surface area contributed by atoms with Gasteiger partial charge in [0.15, 0.2) is 47.3 Å². The first kappa shape index (κ1) is 74.6. The van der Waals surface area contributed by atoms with Gasteiger partial charge in [0.1, 0.15) is 89.4 Å². The molecule has 13 aliphatic rings. The van der Waals surface area contributed by atoms with E-state index in [9.17, 15) is 51.9 Å². The van der Waals surface area contributed by atoms with E-state index in [1.54, 1.807) is 27.7 Å². The van der Waals surface area contributed by atoms with Crippen LogP contribution in [-0.2, 0) is 66.7 Å². The summed E-state index contributed by atoms with van der Waals surface area (Å²) in [6.07, 6.45) is -5.34. The van der Waals surface area contributed by atoms with Gasteiger partial charge in [0, 0.05) is 22.3 Å². The average Bonchev–Trinajstić information content (AvgIpc) is 1.50. The molecule has 0 bridgehead atoms. The molecule has 0 radical (unpaired) electrons. The second-order valence-corrected chi connectivity index (χ2v) is 31.2. The monoisotopic (exact) mass is 1480 g/mol. The molecule has 0 aromatic heterocycles. The smallest absolute Gasteiger partial charge is 0.748 e. The minimum atomic E-state index is -4.80. The maximum atomic E-state index is 15.5. The van der Waals surface area contributed by atoms with Gasteiger partial charge in [-0.3, -0.25) is 78.4 Å². The van der Waals surface area contributed by atoms with Crippen LogP contribution in [0.1, 0.15) is 49.9 Å². The van der Waals surface area contributed by atoms with Crippen LogP contribution in [0.25, 0.3) is 0 Å². The minimum Gasteiger partial charge on any atom is -0.748 e. The molecule has 2 aromatic carbocycles. The zero-order valence-corrected chi connectivity index (χ0v) is 65.2. The van der Waals surface area contributed by atoms with Crippen LogP contribution in [0.2, 0.25) is 0 Å². The molecule has 40 nitrogen and oxygen atoms in total. The topological polar surface area (TPSA) is 454 Å². The average molecular weight is 1490 g/mol. The van der Waals surface area contributed by atoms with E-state index in [0.29, 0.717) is 0 Å². The van der Waals surface area contributed by atoms with Crippen molar-refractivity contribution in [1.29, 1.82) is 0 Å². The molecule has 0 spiro atoms. The zero-order chi connectivity index (χ0) is 67.2. The molecule has 15 rings (SSSR count). The van der Waals surface area contributed by atoms with Gasteiger partial charge in [-0.25, -0.2) is 72.0 Å². The van der Waals surface area contributed by atoms with Crippen molar-refractivity contribution in [1.82, 2.24) is 78.4 Å². The van der Waals surface area contributed by atoms with Crippen molar-refractivity contribution in [3.8, 4) is 23.0 Å². The number of benzene rings is 2. The molecule has 16 amide bonds. The van der Waals surface area contributed by atoms with Crippen molar-refractivity contribution in [2.75, 3.05) is 89.5 Å². The first-order chi connectivity index (χ1) is 43.9. The van der Waals surface area contributed by atoms with Gasteiger partial charge in [0.2, 0.25) is 0 Å². The van der Waals surface area contributed by atoms with Crippen LogP contribution in [0.4, 0.5) is 38.4 Å². The van der Waals surface area contributed by atoms with Crippen LogP contribution in [0, 0.1) is 0 Å². The summed E-state index contributed by atoms with van der Waals surface area (Å²) >= 11 is 0. The Bertz CT molecular complexity index is 3830. The summed E-state index contributed by atoms with van der Waals surface area (Å²) in [5.41, 5.74) is -6.48. The summed E-state index contributed by atoms with van der Waals surface area (Å²) in [5, 5.41) is 0. The van der Waals surface area contributed by atoms with Crippen LogP contribution in [0.5, 0.6) is 23.0 Å². The van der Waals surface area contributed by atoms with Gasteiger partial charge in [-0.2, -0.15) is 0 Å². The van der Waals surface area contributed by atoms with Gasteiger partial charge in [-0.15, -0.1) is 0 Å². The maximum Gasteiger partial charge on any atom is 1.00 e. The number of carbonyl (C=O) groups is 8. The van der Waals surface area contributed by atoms with E-state index in [2.05, 4.69) is 0 Å². The van der Waals surface area contributed by atoms with E-state index in [4.69, 9.17) is 18.9 Å². The number of ether oxygens (including phenoxy) is 4. The quantitative estimate of drug-likeness (QED) is 0.111. The van der Waals surface area contributed by atoms with E-state index >= 15 is 38.4 Å². The van der Waals surface area contributed by atoms with Crippen molar-refractivity contribution in [2.45, 2.75) is 101 Å². The summed E-state index contributed by atoms with van der Waals surface area (Å²) in [5.74, 6) is -4.05. The molecule has 13 heterocycles. The Labute approximate surface area is 647 Å². The molecule has 2 aromatic rings. The SMILES string of the molecule is CC12N3Cc4c(OCCS(=O)(=O)[O-])ccc(OCCS(=O)(=O)[O-])c4CN1C(=O)N1CN4C(=O)N5CN6C(=O)N7CN8C(=O)N9Cc%10c(OCCS(=O)(=O)[O-])ccc(OCCS(=O)(=O)[O-])c%10CN%10C(=O)N(CN%11C(=O)N(CN%12C(=O)N(CN(C3=O)C12C)C4C%125)C6C%117)C8(C)C%109C.[Na+].[Na+].[Na+].[Na+]. The van der Waals surface area contributed by atoms with Crippen LogP contribution in [0.3, 0.4) is 0 Å². The third-order valence-corrected chi connectivity index (χ3v) is 23.7. The zero-order valence-electron chi connectivity index (χ0n) is 53.9. The molecule has 98 heavy (non-hydrogen) atoms. The van der Waals surface area contributed by atoms with Crippen LogP contribution < -0.4 is 137 Å². The number of hydrogen-bond donors (Lipinski definition) is 0. The molecule has 0 unspecified atom stereocenters. The van der Waals surface area contributed by atoms with E-state index < -0.39 is 252 Å². The maximum absolute atomic E-state index is 15.5. The molecule has 11 fully saturated rings. The van der Waals surface area contributed by atoms with Gasteiger partial charge in [-0.05, 0) is 52.0 Å². The van der Waals surface area contributed by atoms with E-state index in [-0.39, 0.29) is 163 Å². The first-order valence-corrected chi connectivity index (χ1v) is 35.5. The molecule has 48 heteroatoms. The first-order valence-electron chi connectivity index (χ1n) is 29.2. The number of nitrogens with zero attached hydrogens (tertiary/aromatic N) is 16.